The first-order valence-electron chi connectivity index (χ1n) is 7.62. The van der Waals surface area contributed by atoms with Crippen molar-refractivity contribution >= 4 is 6.03 Å². The smallest absolute Gasteiger partial charge is 0.387 e. The van der Waals surface area contributed by atoms with Gasteiger partial charge >= 0.3 is 12.6 Å². The number of halogens is 2. The number of carbonyl (C=O) groups is 1. The van der Waals surface area contributed by atoms with Crippen LogP contribution in [0.1, 0.15) is 38.2 Å². The average Bonchev–Trinajstić information content (AvgIpc) is 2.48. The van der Waals surface area contributed by atoms with Gasteiger partial charge in [0.05, 0.1) is 0 Å². The van der Waals surface area contributed by atoms with Crippen LogP contribution in [-0.4, -0.2) is 18.7 Å². The molecule has 1 aromatic rings. The summed E-state index contributed by atoms with van der Waals surface area (Å²) in [6.07, 6.45) is 4.56. The van der Waals surface area contributed by atoms with Crippen LogP contribution in [0, 0.1) is 5.92 Å². The molecule has 0 radical (unpaired) electrons. The topological polar surface area (TPSA) is 50.4 Å². The average molecular weight is 312 g/mol. The zero-order chi connectivity index (χ0) is 15.9. The van der Waals surface area contributed by atoms with Gasteiger partial charge in [-0.2, -0.15) is 8.78 Å². The van der Waals surface area contributed by atoms with Crippen molar-refractivity contribution in [3.63, 3.8) is 0 Å². The summed E-state index contributed by atoms with van der Waals surface area (Å²) in [6, 6.07) is 6.28. The Morgan fingerprint density at radius 3 is 2.59 bits per heavy atom. The minimum Gasteiger partial charge on any atom is -0.435 e. The van der Waals surface area contributed by atoms with Crippen molar-refractivity contribution in [2.75, 3.05) is 0 Å². The van der Waals surface area contributed by atoms with E-state index < -0.39 is 6.61 Å². The summed E-state index contributed by atoms with van der Waals surface area (Å²) in [6.45, 7) is -0.319. The van der Waals surface area contributed by atoms with Crippen molar-refractivity contribution in [1.29, 1.82) is 0 Å². The first kappa shape index (κ1) is 16.5. The Morgan fingerprint density at radius 1 is 1.27 bits per heavy atom. The van der Waals surface area contributed by atoms with Crippen LogP contribution in [0.2, 0.25) is 0 Å². The number of rotatable bonds is 5. The van der Waals surface area contributed by atoms with Gasteiger partial charge in [-0.25, -0.2) is 4.79 Å². The Hall–Kier alpha value is -1.85. The molecule has 2 amide bonds. The second-order valence-electron chi connectivity index (χ2n) is 5.72. The molecule has 1 aromatic carbocycles. The maximum Gasteiger partial charge on any atom is 0.387 e. The fourth-order valence-electron chi connectivity index (χ4n) is 2.72. The molecule has 0 aliphatic heterocycles. The van der Waals surface area contributed by atoms with Gasteiger partial charge in [0.1, 0.15) is 5.75 Å². The second-order valence-corrected chi connectivity index (χ2v) is 5.72. The highest BCUT2D eigenvalue weighted by Crippen LogP contribution is 2.23. The summed E-state index contributed by atoms with van der Waals surface area (Å²) in [5.41, 5.74) is 0.827. The van der Waals surface area contributed by atoms with Crippen molar-refractivity contribution in [3.05, 3.63) is 29.8 Å². The van der Waals surface area contributed by atoms with Gasteiger partial charge in [-0.05, 0) is 36.5 Å². The highest BCUT2D eigenvalue weighted by atomic mass is 19.3. The van der Waals surface area contributed by atoms with Crippen LogP contribution in [-0.2, 0) is 6.54 Å². The summed E-state index contributed by atoms with van der Waals surface area (Å²) < 4.78 is 28.4. The Bertz CT molecular complexity index is 480. The van der Waals surface area contributed by atoms with Gasteiger partial charge in [0.15, 0.2) is 0 Å². The van der Waals surface area contributed by atoms with Crippen molar-refractivity contribution in [2.24, 2.45) is 5.92 Å². The summed E-state index contributed by atoms with van der Waals surface area (Å²) in [7, 11) is 0. The van der Waals surface area contributed by atoms with E-state index in [4.69, 9.17) is 0 Å². The van der Waals surface area contributed by atoms with Gasteiger partial charge in [-0.15, -0.1) is 0 Å². The molecule has 1 aliphatic rings. The highest BCUT2D eigenvalue weighted by Gasteiger charge is 2.22. The van der Waals surface area contributed by atoms with Crippen LogP contribution in [0.25, 0.3) is 0 Å². The predicted molar refractivity (Wildman–Crippen MR) is 79.9 cm³/mol. The van der Waals surface area contributed by atoms with E-state index in [1.807, 2.05) is 0 Å². The first-order chi connectivity index (χ1) is 10.5. The predicted octanol–water partition coefficient (Wildman–Crippen LogP) is 3.67. The zero-order valence-electron chi connectivity index (χ0n) is 12.6. The standard InChI is InChI=1S/C16H22F2N2O2/c1-11-4-2-3-5-14(11)20-16(21)19-10-12-6-8-13(9-7-12)22-15(17)18/h6-9,11,14-15H,2-5,10H2,1H3,(H2,19,20,21)/t11-,14-/m1/s1. The minimum atomic E-state index is -2.83. The fraction of sp³-hybridized carbons (Fsp3) is 0.562. The molecule has 1 fully saturated rings. The van der Waals surface area contributed by atoms with Crippen LogP contribution in [0.5, 0.6) is 5.75 Å². The van der Waals surface area contributed by atoms with E-state index in [0.717, 1.165) is 24.8 Å². The summed E-state index contributed by atoms with van der Waals surface area (Å²) in [4.78, 5) is 11.9. The molecule has 4 nitrogen and oxygen atoms in total. The maximum atomic E-state index is 12.0. The van der Waals surface area contributed by atoms with E-state index in [1.54, 1.807) is 12.1 Å². The molecule has 1 aliphatic carbocycles. The lowest BCUT2D eigenvalue weighted by molar-refractivity contribution is -0.0498. The third-order valence-electron chi connectivity index (χ3n) is 4.03. The molecule has 2 rings (SSSR count). The number of nitrogens with one attached hydrogen (secondary N) is 2. The monoisotopic (exact) mass is 312 g/mol. The number of urea groups is 1. The molecule has 0 heterocycles. The lowest BCUT2D eigenvalue weighted by atomic mass is 9.86. The molecule has 0 bridgehead atoms. The van der Waals surface area contributed by atoms with Crippen molar-refractivity contribution in [1.82, 2.24) is 10.6 Å². The number of benzene rings is 1. The van der Waals surface area contributed by atoms with E-state index in [-0.39, 0.29) is 17.8 Å². The van der Waals surface area contributed by atoms with E-state index in [1.165, 1.54) is 18.6 Å². The Labute approximate surface area is 129 Å². The summed E-state index contributed by atoms with van der Waals surface area (Å²) in [5.74, 6) is 0.615. The molecule has 0 unspecified atom stereocenters. The molecule has 6 heteroatoms. The summed E-state index contributed by atoms with van der Waals surface area (Å²) in [5, 5.41) is 5.79. The zero-order valence-corrected chi connectivity index (χ0v) is 12.6. The molecule has 22 heavy (non-hydrogen) atoms. The van der Waals surface area contributed by atoms with Crippen molar-refractivity contribution in [3.8, 4) is 5.75 Å². The number of ether oxygens (including phenoxy) is 1. The van der Waals surface area contributed by atoms with Crippen molar-refractivity contribution < 1.29 is 18.3 Å². The molecule has 0 aromatic heterocycles. The minimum absolute atomic E-state index is 0.110. The normalized spacial score (nSPS) is 21.5. The SMILES string of the molecule is C[C@@H]1CCCC[C@H]1NC(=O)NCc1ccc(OC(F)F)cc1. The number of carbonyl (C=O) groups excluding carboxylic acids is 1. The van der Waals surface area contributed by atoms with E-state index in [2.05, 4.69) is 22.3 Å². The number of alkyl halides is 2. The van der Waals surface area contributed by atoms with Gasteiger partial charge in [0, 0.05) is 12.6 Å². The Balaban J connectivity index is 1.76. The Kier molecular flexibility index (Phi) is 5.98. The van der Waals surface area contributed by atoms with Crippen molar-refractivity contribution in [2.45, 2.75) is 51.8 Å². The highest BCUT2D eigenvalue weighted by molar-refractivity contribution is 5.74. The Morgan fingerprint density at radius 2 is 1.95 bits per heavy atom. The largest absolute Gasteiger partial charge is 0.435 e. The molecule has 2 atom stereocenters. The fourth-order valence-corrected chi connectivity index (χ4v) is 2.72. The lowest BCUT2D eigenvalue weighted by Gasteiger charge is -2.29. The van der Waals surface area contributed by atoms with Gasteiger partial charge < -0.3 is 15.4 Å². The first-order valence-corrected chi connectivity index (χ1v) is 7.62. The van der Waals surface area contributed by atoms with Gasteiger partial charge in [-0.1, -0.05) is 31.9 Å². The third kappa shape index (κ3) is 5.16. The third-order valence-corrected chi connectivity index (χ3v) is 4.03. The molecule has 2 N–H and O–H groups in total. The van der Waals surface area contributed by atoms with Crippen LogP contribution < -0.4 is 15.4 Å². The number of amides is 2. The van der Waals surface area contributed by atoms with E-state index in [0.29, 0.717) is 12.5 Å². The van der Waals surface area contributed by atoms with Gasteiger partial charge in [0.25, 0.3) is 0 Å². The molecular weight excluding hydrogens is 290 g/mol. The van der Waals surface area contributed by atoms with E-state index in [9.17, 15) is 13.6 Å². The van der Waals surface area contributed by atoms with Crippen LogP contribution in [0.3, 0.4) is 0 Å². The van der Waals surface area contributed by atoms with Gasteiger partial charge in [0.2, 0.25) is 0 Å². The van der Waals surface area contributed by atoms with Crippen LogP contribution in [0.15, 0.2) is 24.3 Å². The van der Waals surface area contributed by atoms with Crippen LogP contribution >= 0.6 is 0 Å². The molecule has 1 saturated carbocycles. The quantitative estimate of drug-likeness (QED) is 0.871. The molecular formula is C16H22F2N2O2. The van der Waals surface area contributed by atoms with Gasteiger partial charge in [-0.3, -0.25) is 0 Å². The molecule has 122 valence electrons. The number of hydrogen-bond donors (Lipinski definition) is 2. The maximum absolute atomic E-state index is 12.0. The lowest BCUT2D eigenvalue weighted by Crippen LogP contribution is -2.45. The number of hydrogen-bond acceptors (Lipinski definition) is 2. The second kappa shape index (κ2) is 7.96. The molecule has 0 spiro atoms. The van der Waals surface area contributed by atoms with E-state index >= 15 is 0 Å². The molecule has 0 saturated heterocycles. The van der Waals surface area contributed by atoms with Crippen LogP contribution in [0.4, 0.5) is 13.6 Å². The summed E-state index contributed by atoms with van der Waals surface area (Å²) >= 11 is 0.